The Balaban J connectivity index is 1.40. The van der Waals surface area contributed by atoms with E-state index in [0.29, 0.717) is 27.8 Å². The van der Waals surface area contributed by atoms with Gasteiger partial charge in [0.05, 0.1) is 22.0 Å². The quantitative estimate of drug-likeness (QED) is 0.103. The van der Waals surface area contributed by atoms with Crippen molar-refractivity contribution in [2.45, 2.75) is 9.79 Å². The minimum Gasteiger partial charge on any atom is -0.505 e. The van der Waals surface area contributed by atoms with Crippen LogP contribution in [0.3, 0.4) is 0 Å². The summed E-state index contributed by atoms with van der Waals surface area (Å²) < 4.78 is 65.6. The Morgan fingerprint density at radius 2 is 1.12 bits per heavy atom. The second kappa shape index (κ2) is 11.5. The van der Waals surface area contributed by atoms with Crippen LogP contribution in [-0.4, -0.2) is 31.0 Å². The number of phenols is 1. The van der Waals surface area contributed by atoms with Crippen molar-refractivity contribution >= 4 is 65.1 Å². The fourth-order valence-corrected chi connectivity index (χ4v) is 5.04. The van der Waals surface area contributed by atoms with E-state index in [2.05, 4.69) is 25.8 Å². The Labute approximate surface area is 240 Å². The zero-order chi connectivity index (χ0) is 29.9. The van der Waals surface area contributed by atoms with E-state index < -0.39 is 36.6 Å². The zero-order valence-electron chi connectivity index (χ0n) is 21.4. The molecule has 0 aliphatic carbocycles. The van der Waals surface area contributed by atoms with Gasteiger partial charge in [0.2, 0.25) is 0 Å². The molecule has 0 saturated carbocycles. The molecule has 212 valence electrons. The van der Waals surface area contributed by atoms with Crippen LogP contribution < -0.4 is 5.32 Å². The topological polar surface area (TPSA) is 190 Å². The van der Waals surface area contributed by atoms with Gasteiger partial charge in [-0.1, -0.05) is 18.2 Å². The van der Waals surface area contributed by atoms with E-state index in [4.69, 9.17) is 4.55 Å². The number of rotatable bonds is 8. The molecule has 0 amide bonds. The Hall–Kier alpha value is -5.02. The van der Waals surface area contributed by atoms with Crippen molar-refractivity contribution in [1.82, 2.24) is 0 Å². The average molecular weight is 604 g/mol. The van der Waals surface area contributed by atoms with E-state index >= 15 is 0 Å². The van der Waals surface area contributed by atoms with Crippen molar-refractivity contribution in [2.75, 3.05) is 5.32 Å². The van der Waals surface area contributed by atoms with Gasteiger partial charge in [-0.2, -0.15) is 32.2 Å². The SMILES string of the molecule is O=S(=O)(O)c1ccc(N=Nc2ccc(N=Nc3c(S(=O)(=O)O)cc4cc(Nc5ccccc5)ccc4c3O)cc2)cc1. The first kappa shape index (κ1) is 28.5. The monoisotopic (exact) mass is 603 g/mol. The smallest absolute Gasteiger partial charge is 0.296 e. The van der Waals surface area contributed by atoms with Crippen LogP contribution in [0.25, 0.3) is 10.8 Å². The molecular formula is C28H21N5O7S2. The van der Waals surface area contributed by atoms with Gasteiger partial charge in [0, 0.05) is 16.8 Å². The Bertz CT molecular complexity index is 2050. The van der Waals surface area contributed by atoms with Gasteiger partial charge in [-0.15, -0.1) is 5.11 Å². The standard InChI is InChI=1S/C28H21N5O7S2/c34-28-25-15-12-23(29-19-4-2-1-3-5-19)16-18(25)17-26(42(38,39)40)27(28)33-32-21-8-6-20(7-9-21)30-31-22-10-13-24(14-11-22)41(35,36)37/h1-17,29,34H,(H,35,36,37)(H,38,39,40). The molecule has 0 fully saturated rings. The third-order valence-electron chi connectivity index (χ3n) is 5.92. The van der Waals surface area contributed by atoms with Crippen LogP contribution >= 0.6 is 0 Å². The third kappa shape index (κ3) is 6.64. The molecule has 0 spiro atoms. The number of para-hydroxylation sites is 1. The number of nitrogens with zero attached hydrogens (tertiary/aromatic N) is 4. The normalized spacial score (nSPS) is 12.3. The molecule has 42 heavy (non-hydrogen) atoms. The van der Waals surface area contributed by atoms with Crippen molar-refractivity contribution in [3.05, 3.63) is 103 Å². The van der Waals surface area contributed by atoms with E-state index in [-0.39, 0.29) is 10.6 Å². The molecule has 5 aromatic carbocycles. The summed E-state index contributed by atoms with van der Waals surface area (Å²) in [4.78, 5) is -0.880. The van der Waals surface area contributed by atoms with Gasteiger partial charge in [0.15, 0.2) is 5.75 Å². The molecule has 0 saturated heterocycles. The minimum absolute atomic E-state index is 0.268. The highest BCUT2D eigenvalue weighted by Crippen LogP contribution is 2.42. The molecule has 5 rings (SSSR count). The van der Waals surface area contributed by atoms with Crippen LogP contribution in [0.5, 0.6) is 5.75 Å². The largest absolute Gasteiger partial charge is 0.505 e. The number of hydrogen-bond acceptors (Lipinski definition) is 10. The summed E-state index contributed by atoms with van der Waals surface area (Å²) in [6, 6.07) is 26.7. The number of azo groups is 2. The highest BCUT2D eigenvalue weighted by Gasteiger charge is 2.22. The van der Waals surface area contributed by atoms with Crippen molar-refractivity contribution in [3.8, 4) is 5.75 Å². The maximum atomic E-state index is 12.2. The fourth-order valence-electron chi connectivity index (χ4n) is 3.90. The number of aromatic hydroxyl groups is 1. The lowest BCUT2D eigenvalue weighted by atomic mass is 10.1. The fraction of sp³-hybridized carbons (Fsp3) is 0. The highest BCUT2D eigenvalue weighted by atomic mass is 32.2. The number of anilines is 2. The maximum absolute atomic E-state index is 12.2. The molecule has 0 aromatic heterocycles. The lowest BCUT2D eigenvalue weighted by Crippen LogP contribution is -1.99. The summed E-state index contributed by atoms with van der Waals surface area (Å²) in [6.45, 7) is 0. The summed E-state index contributed by atoms with van der Waals surface area (Å²) in [6.07, 6.45) is 0. The Morgan fingerprint density at radius 1 is 0.571 bits per heavy atom. The van der Waals surface area contributed by atoms with Gasteiger partial charge in [-0.05, 0) is 90.3 Å². The van der Waals surface area contributed by atoms with Gasteiger partial charge in [0.1, 0.15) is 10.6 Å². The number of benzene rings is 5. The molecule has 12 nitrogen and oxygen atoms in total. The molecule has 0 atom stereocenters. The van der Waals surface area contributed by atoms with E-state index in [0.717, 1.165) is 5.69 Å². The second-order valence-corrected chi connectivity index (χ2v) is 11.7. The summed E-state index contributed by atoms with van der Waals surface area (Å²) in [7, 11) is -9.10. The van der Waals surface area contributed by atoms with Crippen molar-refractivity contribution in [1.29, 1.82) is 0 Å². The lowest BCUT2D eigenvalue weighted by molar-refractivity contribution is 0.472. The van der Waals surface area contributed by atoms with Crippen molar-refractivity contribution in [3.63, 3.8) is 0 Å². The Morgan fingerprint density at radius 3 is 1.67 bits per heavy atom. The summed E-state index contributed by atoms with van der Waals surface area (Å²) in [5.74, 6) is -0.472. The lowest BCUT2D eigenvalue weighted by Gasteiger charge is -2.11. The van der Waals surface area contributed by atoms with Crippen LogP contribution in [0.4, 0.5) is 34.1 Å². The molecule has 5 aromatic rings. The molecule has 4 N–H and O–H groups in total. The maximum Gasteiger partial charge on any atom is 0.296 e. The zero-order valence-corrected chi connectivity index (χ0v) is 23.0. The molecule has 0 bridgehead atoms. The predicted octanol–water partition coefficient (Wildman–Crippen LogP) is 7.61. The number of phenolic OH excluding ortho intramolecular Hbond substituents is 1. The van der Waals surface area contributed by atoms with Gasteiger partial charge < -0.3 is 10.4 Å². The van der Waals surface area contributed by atoms with Crippen LogP contribution in [0.15, 0.2) is 133 Å². The average Bonchev–Trinajstić information content (AvgIpc) is 2.96. The molecule has 0 heterocycles. The van der Waals surface area contributed by atoms with Crippen LogP contribution in [0.1, 0.15) is 0 Å². The molecule has 0 unspecified atom stereocenters. The van der Waals surface area contributed by atoms with Crippen LogP contribution in [-0.2, 0) is 20.2 Å². The van der Waals surface area contributed by atoms with Crippen molar-refractivity contribution < 1.29 is 31.0 Å². The molecule has 0 radical (unpaired) electrons. The van der Waals surface area contributed by atoms with E-state index in [9.17, 15) is 26.5 Å². The molecule has 0 aliphatic rings. The van der Waals surface area contributed by atoms with Gasteiger partial charge in [-0.3, -0.25) is 9.11 Å². The first-order valence-corrected chi connectivity index (χ1v) is 15.0. The molecule has 0 aliphatic heterocycles. The van der Waals surface area contributed by atoms with E-state index in [1.54, 1.807) is 30.3 Å². The summed E-state index contributed by atoms with van der Waals surface area (Å²) in [5, 5.41) is 30.7. The van der Waals surface area contributed by atoms with E-state index in [1.165, 1.54) is 42.5 Å². The number of fused-ring (bicyclic) bond motifs is 1. The van der Waals surface area contributed by atoms with E-state index in [1.807, 2.05) is 30.3 Å². The number of hydrogen-bond donors (Lipinski definition) is 4. The minimum atomic E-state index is -4.78. The first-order valence-electron chi connectivity index (χ1n) is 12.1. The van der Waals surface area contributed by atoms with Crippen LogP contribution in [0, 0.1) is 0 Å². The van der Waals surface area contributed by atoms with Gasteiger partial charge in [-0.25, -0.2) is 0 Å². The number of nitrogens with one attached hydrogen (secondary N) is 1. The second-order valence-electron chi connectivity index (χ2n) is 8.86. The van der Waals surface area contributed by atoms with Gasteiger partial charge in [0.25, 0.3) is 20.2 Å². The van der Waals surface area contributed by atoms with Crippen LogP contribution in [0.2, 0.25) is 0 Å². The molecular weight excluding hydrogens is 582 g/mol. The predicted molar refractivity (Wildman–Crippen MR) is 156 cm³/mol. The van der Waals surface area contributed by atoms with Crippen molar-refractivity contribution in [2.24, 2.45) is 20.5 Å². The Kier molecular flexibility index (Phi) is 7.78. The highest BCUT2D eigenvalue weighted by molar-refractivity contribution is 7.86. The summed E-state index contributed by atoms with van der Waals surface area (Å²) in [5.41, 5.74) is 2.07. The molecule has 14 heteroatoms. The summed E-state index contributed by atoms with van der Waals surface area (Å²) >= 11 is 0. The third-order valence-corrected chi connectivity index (χ3v) is 7.66. The van der Waals surface area contributed by atoms with Gasteiger partial charge >= 0.3 is 0 Å². The first-order chi connectivity index (χ1) is 20.0.